The molecule has 1 unspecified atom stereocenters. The molecule has 0 saturated heterocycles. The monoisotopic (exact) mass is 525 g/mol. The van der Waals surface area contributed by atoms with Crippen molar-refractivity contribution in [1.29, 1.82) is 0 Å². The lowest BCUT2D eigenvalue weighted by molar-refractivity contribution is -0.742. The number of hydrogen-bond donors (Lipinski definition) is 1. The van der Waals surface area contributed by atoms with Crippen LogP contribution in [-0.4, -0.2) is 30.8 Å². The fraction of sp³-hybridized carbons (Fsp3) is 0.167. The Bertz CT molecular complexity index is 973. The van der Waals surface area contributed by atoms with Gasteiger partial charge in [0.1, 0.15) is 0 Å². The Morgan fingerprint density at radius 3 is 2.13 bits per heavy atom. The normalized spacial score (nSPS) is 11.5. The van der Waals surface area contributed by atoms with Gasteiger partial charge in [-0.05, 0) is 36.4 Å². The maximum atomic E-state index is 8.36. The summed E-state index contributed by atoms with van der Waals surface area (Å²) in [5, 5.41) is 16.2. The van der Waals surface area contributed by atoms with Crippen molar-refractivity contribution >= 4 is 69.9 Å². The summed E-state index contributed by atoms with van der Waals surface area (Å²) in [6, 6.07) is 11.4. The van der Waals surface area contributed by atoms with E-state index >= 15 is 0 Å². The van der Waals surface area contributed by atoms with Crippen molar-refractivity contribution < 1.29 is 10.3 Å². The lowest BCUT2D eigenvalue weighted by Crippen LogP contribution is -2.14. The molecule has 1 atom stereocenters. The predicted octanol–water partition coefficient (Wildman–Crippen LogP) is 7.10. The van der Waals surface area contributed by atoms with Gasteiger partial charge in [0.15, 0.2) is 0 Å². The molecule has 3 rings (SSSR count). The van der Waals surface area contributed by atoms with Crippen molar-refractivity contribution in [2.75, 3.05) is 5.75 Å². The minimum absolute atomic E-state index is 0.306. The highest BCUT2D eigenvalue weighted by molar-refractivity contribution is 8.03. The number of hydrogen-bond acceptors (Lipinski definition) is 5. The number of thioether (sulfide) groups is 2. The van der Waals surface area contributed by atoms with Crippen LogP contribution < -0.4 is 0 Å². The molecule has 0 aliphatic rings. The van der Waals surface area contributed by atoms with Gasteiger partial charge in [0, 0.05) is 39.7 Å². The maximum Gasteiger partial charge on any atom is 0.291 e. The smallest absolute Gasteiger partial charge is 0.291 e. The van der Waals surface area contributed by atoms with Crippen LogP contribution >= 0.6 is 69.9 Å². The van der Waals surface area contributed by atoms with E-state index in [1.807, 2.05) is 48.9 Å². The number of benzene rings is 2. The minimum Gasteiger partial charge on any atom is -0.336 e. The standard InChI is InChI=1S/C18H14Cl4N2S2.HNO3/c19-15-3-1-12(7-17(15)21)25-10-14(9-24-6-5-23-11-24)26-13-2-4-16(20)18(22)8-13;2-1(3)4/h1-8,11,14H,9-10H2;(H,2,3,4). The molecule has 12 heteroatoms. The molecule has 6 nitrogen and oxygen atoms in total. The molecule has 0 amide bonds. The molecular weight excluding hydrogens is 512 g/mol. The maximum absolute atomic E-state index is 8.36. The topological polar surface area (TPSA) is 81.2 Å². The summed E-state index contributed by atoms with van der Waals surface area (Å²) in [6.07, 6.45) is 5.57. The Hall–Kier alpha value is -1.29. The third-order valence-electron chi connectivity index (χ3n) is 3.49. The summed E-state index contributed by atoms with van der Waals surface area (Å²) in [5.41, 5.74) is 0. The second kappa shape index (κ2) is 12.5. The van der Waals surface area contributed by atoms with E-state index < -0.39 is 5.09 Å². The van der Waals surface area contributed by atoms with Crippen LogP contribution in [0.4, 0.5) is 0 Å². The van der Waals surface area contributed by atoms with Crippen LogP contribution in [0.3, 0.4) is 0 Å². The summed E-state index contributed by atoms with van der Waals surface area (Å²) in [4.78, 5) is 14.7. The molecule has 1 aromatic heterocycles. The molecule has 0 bridgehead atoms. The van der Waals surface area contributed by atoms with Crippen LogP contribution in [0.2, 0.25) is 20.1 Å². The van der Waals surface area contributed by atoms with E-state index in [1.165, 1.54) is 0 Å². The van der Waals surface area contributed by atoms with E-state index in [1.54, 1.807) is 29.7 Å². The van der Waals surface area contributed by atoms with E-state index in [-0.39, 0.29) is 0 Å². The Morgan fingerprint density at radius 1 is 1.03 bits per heavy atom. The molecular formula is C18H15Cl4N3O3S2. The fourth-order valence-corrected chi connectivity index (χ4v) is 5.27. The van der Waals surface area contributed by atoms with E-state index in [0.717, 1.165) is 22.1 Å². The number of halogens is 4. The summed E-state index contributed by atoms with van der Waals surface area (Å²) in [7, 11) is 0. The molecule has 1 N–H and O–H groups in total. The zero-order valence-corrected chi connectivity index (χ0v) is 19.8. The molecule has 0 aliphatic carbocycles. The lowest BCUT2D eigenvalue weighted by atomic mass is 10.4. The van der Waals surface area contributed by atoms with Crippen molar-refractivity contribution in [3.8, 4) is 0 Å². The SMILES string of the molecule is Clc1ccc(SCC(Cn2ccnc2)Sc2ccc(Cl)c(Cl)c2)cc1Cl.O=[N+]([O-])O. The first kappa shape index (κ1) is 25.0. The number of imidazole rings is 1. The van der Waals surface area contributed by atoms with Crippen molar-refractivity contribution in [2.45, 2.75) is 21.6 Å². The Balaban J connectivity index is 0.000000735. The van der Waals surface area contributed by atoms with E-state index in [4.69, 9.17) is 61.7 Å². The average Bonchev–Trinajstić information content (AvgIpc) is 3.18. The number of aromatic nitrogens is 2. The molecule has 0 aliphatic heterocycles. The lowest BCUT2D eigenvalue weighted by Gasteiger charge is -2.17. The third kappa shape index (κ3) is 8.83. The first-order valence-electron chi connectivity index (χ1n) is 8.23. The zero-order valence-electron chi connectivity index (χ0n) is 15.1. The van der Waals surface area contributed by atoms with Crippen LogP contribution in [0.15, 0.2) is 64.9 Å². The molecule has 2 aromatic carbocycles. The summed E-state index contributed by atoms with van der Waals surface area (Å²) < 4.78 is 2.07. The summed E-state index contributed by atoms with van der Waals surface area (Å²) in [6.45, 7) is 0.833. The van der Waals surface area contributed by atoms with Gasteiger partial charge < -0.3 is 9.77 Å². The predicted molar refractivity (Wildman–Crippen MR) is 124 cm³/mol. The van der Waals surface area contributed by atoms with Crippen LogP contribution in [0.5, 0.6) is 0 Å². The van der Waals surface area contributed by atoms with Gasteiger partial charge in [-0.25, -0.2) is 4.98 Å². The zero-order chi connectivity index (χ0) is 22.1. The summed E-state index contributed by atoms with van der Waals surface area (Å²) in [5.74, 6) is 0.890. The first-order chi connectivity index (χ1) is 14.2. The van der Waals surface area contributed by atoms with Crippen molar-refractivity contribution in [2.24, 2.45) is 0 Å². The summed E-state index contributed by atoms with van der Waals surface area (Å²) >= 11 is 27.8. The highest BCUT2D eigenvalue weighted by Crippen LogP contribution is 2.34. The van der Waals surface area contributed by atoms with Gasteiger partial charge in [0.05, 0.1) is 26.4 Å². The van der Waals surface area contributed by atoms with Crippen molar-refractivity contribution in [1.82, 2.24) is 9.55 Å². The highest BCUT2D eigenvalue weighted by atomic mass is 35.5. The highest BCUT2D eigenvalue weighted by Gasteiger charge is 2.14. The van der Waals surface area contributed by atoms with Gasteiger partial charge in [-0.2, -0.15) is 0 Å². The third-order valence-corrected chi connectivity index (χ3v) is 7.51. The van der Waals surface area contributed by atoms with Gasteiger partial charge in [0.2, 0.25) is 0 Å². The molecule has 30 heavy (non-hydrogen) atoms. The molecule has 1 heterocycles. The van der Waals surface area contributed by atoms with E-state index in [9.17, 15) is 0 Å². The first-order valence-corrected chi connectivity index (χ1v) is 11.6. The largest absolute Gasteiger partial charge is 0.336 e. The van der Waals surface area contributed by atoms with Gasteiger partial charge in [-0.15, -0.1) is 33.6 Å². The average molecular weight is 527 g/mol. The molecule has 0 fully saturated rings. The van der Waals surface area contributed by atoms with Gasteiger partial charge in [-0.3, -0.25) is 0 Å². The molecule has 0 radical (unpaired) electrons. The van der Waals surface area contributed by atoms with Gasteiger partial charge in [-0.1, -0.05) is 46.4 Å². The molecule has 0 saturated carbocycles. The minimum atomic E-state index is -1.50. The van der Waals surface area contributed by atoms with E-state index in [0.29, 0.717) is 25.3 Å². The number of rotatable bonds is 7. The number of nitrogens with zero attached hydrogens (tertiary/aromatic N) is 3. The van der Waals surface area contributed by atoms with Gasteiger partial charge in [0.25, 0.3) is 5.09 Å². The van der Waals surface area contributed by atoms with Crippen LogP contribution in [-0.2, 0) is 6.54 Å². The van der Waals surface area contributed by atoms with Crippen molar-refractivity contribution in [3.05, 3.63) is 85.3 Å². The van der Waals surface area contributed by atoms with Gasteiger partial charge >= 0.3 is 0 Å². The van der Waals surface area contributed by atoms with E-state index in [2.05, 4.69) is 9.55 Å². The Morgan fingerprint density at radius 2 is 1.60 bits per heavy atom. The molecule has 3 aromatic rings. The van der Waals surface area contributed by atoms with Crippen LogP contribution in [0, 0.1) is 10.1 Å². The Labute approximate surface area is 201 Å². The van der Waals surface area contributed by atoms with Crippen LogP contribution in [0.25, 0.3) is 0 Å². The van der Waals surface area contributed by atoms with Crippen molar-refractivity contribution in [3.63, 3.8) is 0 Å². The second-order valence-electron chi connectivity index (χ2n) is 5.70. The Kier molecular flexibility index (Phi) is 10.4. The molecule has 0 spiro atoms. The molecule has 160 valence electrons. The fourth-order valence-electron chi connectivity index (χ4n) is 2.25. The quantitative estimate of drug-likeness (QED) is 0.201. The van der Waals surface area contributed by atoms with Crippen LogP contribution in [0.1, 0.15) is 0 Å². The second-order valence-corrected chi connectivity index (χ2v) is 9.80.